The molecule has 3 nitrogen and oxygen atoms in total. The summed E-state index contributed by atoms with van der Waals surface area (Å²) in [5.74, 6) is 0.141. The average molecular weight is 356 g/mol. The number of ketones is 1. The fourth-order valence-electron chi connectivity index (χ4n) is 3.71. The number of para-hydroxylation sites is 2. The number of Topliss-reactive ketones (excluding diaryl/α,β-unsaturated/α-hetero) is 1. The van der Waals surface area contributed by atoms with Crippen LogP contribution in [0.3, 0.4) is 0 Å². The van der Waals surface area contributed by atoms with Crippen molar-refractivity contribution in [1.82, 2.24) is 0 Å². The van der Waals surface area contributed by atoms with Crippen molar-refractivity contribution in [2.45, 2.75) is 19.4 Å². The number of nitrogens with one attached hydrogen (secondary N) is 1. The molecule has 136 valence electrons. The first-order valence-electron chi connectivity index (χ1n) is 9.33. The molecule has 3 aromatic rings. The molecular weight excluding hydrogens is 332 g/mol. The second-order valence-electron chi connectivity index (χ2n) is 7.75. The van der Waals surface area contributed by atoms with Gasteiger partial charge in [0.15, 0.2) is 5.78 Å². The number of hydrogen-bond donors (Lipinski definition) is 1. The van der Waals surface area contributed by atoms with E-state index in [1.54, 1.807) is 0 Å². The van der Waals surface area contributed by atoms with Crippen molar-refractivity contribution in [3.05, 3.63) is 84.4 Å². The monoisotopic (exact) mass is 356 g/mol. The van der Waals surface area contributed by atoms with Gasteiger partial charge in [-0.2, -0.15) is 0 Å². The van der Waals surface area contributed by atoms with Crippen molar-refractivity contribution in [2.24, 2.45) is 0 Å². The van der Waals surface area contributed by atoms with Crippen LogP contribution in [0.1, 0.15) is 24.2 Å². The Morgan fingerprint density at radius 1 is 0.889 bits per heavy atom. The standard InChI is InChI=1S/C24H24N2O/c1-24(2)17-26(22-11-7-6-10-21(22)25-24)16-23(27)20-14-12-19(13-15-20)18-8-4-3-5-9-18/h3-15,25H,16-17H2,1-2H3. The first kappa shape index (κ1) is 17.3. The third-order valence-corrected chi connectivity index (χ3v) is 4.95. The lowest BCUT2D eigenvalue weighted by atomic mass is 9.98. The third kappa shape index (κ3) is 3.72. The first-order chi connectivity index (χ1) is 13.0. The molecule has 0 atom stereocenters. The van der Waals surface area contributed by atoms with Crippen molar-refractivity contribution >= 4 is 17.2 Å². The SMILES string of the molecule is CC1(C)CN(CC(=O)c2ccc(-c3ccccc3)cc2)c2ccccc2N1. The van der Waals surface area contributed by atoms with Crippen molar-refractivity contribution in [3.63, 3.8) is 0 Å². The predicted octanol–water partition coefficient (Wildman–Crippen LogP) is 5.25. The van der Waals surface area contributed by atoms with E-state index in [0.29, 0.717) is 6.54 Å². The van der Waals surface area contributed by atoms with Gasteiger partial charge in [0.25, 0.3) is 0 Å². The van der Waals surface area contributed by atoms with Gasteiger partial charge in [-0.15, -0.1) is 0 Å². The minimum absolute atomic E-state index is 0.0776. The third-order valence-electron chi connectivity index (χ3n) is 4.95. The molecule has 0 fully saturated rings. The lowest BCUT2D eigenvalue weighted by Crippen LogP contribution is -2.50. The molecule has 1 N–H and O–H groups in total. The van der Waals surface area contributed by atoms with Crippen molar-refractivity contribution in [3.8, 4) is 11.1 Å². The molecule has 1 aliphatic heterocycles. The van der Waals surface area contributed by atoms with Crippen LogP contribution in [0.15, 0.2) is 78.9 Å². The Morgan fingerprint density at radius 3 is 2.26 bits per heavy atom. The van der Waals surface area contributed by atoms with E-state index in [-0.39, 0.29) is 11.3 Å². The highest BCUT2D eigenvalue weighted by Gasteiger charge is 2.30. The molecule has 0 radical (unpaired) electrons. The molecule has 0 spiro atoms. The molecule has 0 aliphatic carbocycles. The Hall–Kier alpha value is -3.07. The fourth-order valence-corrected chi connectivity index (χ4v) is 3.71. The van der Waals surface area contributed by atoms with E-state index in [1.165, 1.54) is 0 Å². The summed E-state index contributed by atoms with van der Waals surface area (Å²) in [4.78, 5) is 15.1. The number of fused-ring (bicyclic) bond motifs is 1. The quantitative estimate of drug-likeness (QED) is 0.648. The summed E-state index contributed by atoms with van der Waals surface area (Å²) in [5, 5.41) is 3.55. The lowest BCUT2D eigenvalue weighted by Gasteiger charge is -2.41. The van der Waals surface area contributed by atoms with E-state index >= 15 is 0 Å². The van der Waals surface area contributed by atoms with Crippen molar-refractivity contribution in [1.29, 1.82) is 0 Å². The minimum atomic E-state index is -0.0776. The summed E-state index contributed by atoms with van der Waals surface area (Å²) >= 11 is 0. The molecule has 0 saturated heterocycles. The lowest BCUT2D eigenvalue weighted by molar-refractivity contribution is 0.0998. The molecule has 0 bridgehead atoms. The highest BCUT2D eigenvalue weighted by Crippen LogP contribution is 2.34. The topological polar surface area (TPSA) is 32.3 Å². The molecule has 27 heavy (non-hydrogen) atoms. The maximum Gasteiger partial charge on any atom is 0.182 e. The normalized spacial score (nSPS) is 15.0. The zero-order valence-electron chi connectivity index (χ0n) is 15.8. The van der Waals surface area contributed by atoms with Crippen LogP contribution in [0, 0.1) is 0 Å². The molecule has 3 aromatic carbocycles. The Balaban J connectivity index is 1.54. The van der Waals surface area contributed by atoms with Gasteiger partial charge in [0.05, 0.1) is 17.9 Å². The van der Waals surface area contributed by atoms with Gasteiger partial charge in [0, 0.05) is 17.6 Å². The fraction of sp³-hybridized carbons (Fsp3) is 0.208. The summed E-state index contributed by atoms with van der Waals surface area (Å²) in [5.41, 5.74) is 5.14. The number of carbonyl (C=O) groups is 1. The maximum atomic E-state index is 12.9. The number of hydrogen-bond acceptors (Lipinski definition) is 3. The molecule has 0 aromatic heterocycles. The zero-order valence-corrected chi connectivity index (χ0v) is 15.8. The van der Waals surface area contributed by atoms with Crippen molar-refractivity contribution in [2.75, 3.05) is 23.3 Å². The van der Waals surface area contributed by atoms with Gasteiger partial charge in [-0.3, -0.25) is 4.79 Å². The van der Waals surface area contributed by atoms with E-state index < -0.39 is 0 Å². The highest BCUT2D eigenvalue weighted by atomic mass is 16.1. The van der Waals surface area contributed by atoms with Crippen molar-refractivity contribution < 1.29 is 4.79 Å². The molecule has 3 heteroatoms. The van der Waals surface area contributed by atoms with Gasteiger partial charge >= 0.3 is 0 Å². The van der Waals surface area contributed by atoms with Gasteiger partial charge in [0.1, 0.15) is 0 Å². The minimum Gasteiger partial charge on any atom is -0.377 e. The van der Waals surface area contributed by atoms with Gasteiger partial charge in [0.2, 0.25) is 0 Å². The van der Waals surface area contributed by atoms with Gasteiger partial charge in [-0.05, 0) is 37.1 Å². The van der Waals surface area contributed by atoms with E-state index in [0.717, 1.165) is 34.6 Å². The van der Waals surface area contributed by atoms with E-state index in [2.05, 4.69) is 48.3 Å². The number of nitrogens with zero attached hydrogens (tertiary/aromatic N) is 1. The summed E-state index contributed by atoms with van der Waals surface area (Å²) in [6.07, 6.45) is 0. The molecule has 4 rings (SSSR count). The number of anilines is 2. The number of benzene rings is 3. The van der Waals surface area contributed by atoms with E-state index in [1.807, 2.05) is 54.6 Å². The second kappa shape index (κ2) is 6.92. The average Bonchev–Trinajstić information content (AvgIpc) is 2.68. The first-order valence-corrected chi connectivity index (χ1v) is 9.33. The second-order valence-corrected chi connectivity index (χ2v) is 7.75. The Bertz CT molecular complexity index is 946. The predicted molar refractivity (Wildman–Crippen MR) is 113 cm³/mol. The molecule has 0 amide bonds. The highest BCUT2D eigenvalue weighted by molar-refractivity contribution is 6.00. The summed E-state index contributed by atoms with van der Waals surface area (Å²) in [6.45, 7) is 5.49. The van der Waals surface area contributed by atoms with Crippen LogP contribution in [-0.4, -0.2) is 24.4 Å². The largest absolute Gasteiger partial charge is 0.377 e. The molecule has 1 aliphatic rings. The van der Waals surface area contributed by atoms with Crippen LogP contribution in [0.25, 0.3) is 11.1 Å². The van der Waals surface area contributed by atoms with Crippen LogP contribution in [0.4, 0.5) is 11.4 Å². The van der Waals surface area contributed by atoms with E-state index in [4.69, 9.17) is 0 Å². The summed E-state index contributed by atoms with van der Waals surface area (Å²) in [6, 6.07) is 26.3. The number of carbonyl (C=O) groups excluding carboxylic acids is 1. The Kier molecular flexibility index (Phi) is 4.44. The van der Waals surface area contributed by atoms with Crippen LogP contribution < -0.4 is 10.2 Å². The summed E-state index contributed by atoms with van der Waals surface area (Å²) in [7, 11) is 0. The molecule has 0 unspecified atom stereocenters. The summed E-state index contributed by atoms with van der Waals surface area (Å²) < 4.78 is 0. The van der Waals surface area contributed by atoms with Gasteiger partial charge in [-0.1, -0.05) is 66.7 Å². The Morgan fingerprint density at radius 2 is 1.52 bits per heavy atom. The zero-order chi connectivity index (χ0) is 18.9. The molecular formula is C24H24N2O. The molecule has 1 heterocycles. The molecule has 0 saturated carbocycles. The van der Waals surface area contributed by atoms with Crippen LogP contribution >= 0.6 is 0 Å². The van der Waals surface area contributed by atoms with Gasteiger partial charge in [-0.25, -0.2) is 0 Å². The van der Waals surface area contributed by atoms with Crippen LogP contribution in [0.5, 0.6) is 0 Å². The maximum absolute atomic E-state index is 12.9. The van der Waals surface area contributed by atoms with Crippen LogP contribution in [-0.2, 0) is 0 Å². The smallest absolute Gasteiger partial charge is 0.182 e. The van der Waals surface area contributed by atoms with E-state index in [9.17, 15) is 4.79 Å². The van der Waals surface area contributed by atoms with Crippen LogP contribution in [0.2, 0.25) is 0 Å². The number of rotatable bonds is 4. The Labute approximate surface area is 160 Å². The van der Waals surface area contributed by atoms with Gasteiger partial charge < -0.3 is 10.2 Å².